The lowest BCUT2D eigenvalue weighted by atomic mass is 10.2. The second kappa shape index (κ2) is 6.87. The first-order valence-electron chi connectivity index (χ1n) is 7.30. The SMILES string of the molecule is O=C(NCc1ccccc1F)c1cnn(Cc2ccccc2)c1. The number of carbonyl (C=O) groups excluding carboxylic acids is 1. The molecule has 0 radical (unpaired) electrons. The number of rotatable bonds is 5. The highest BCUT2D eigenvalue weighted by Crippen LogP contribution is 2.07. The van der Waals surface area contributed by atoms with Crippen LogP contribution in [-0.2, 0) is 13.1 Å². The molecular formula is C18H16FN3O. The Labute approximate surface area is 133 Å². The molecular weight excluding hydrogens is 293 g/mol. The molecule has 0 bridgehead atoms. The van der Waals surface area contributed by atoms with Crippen LogP contribution in [0.25, 0.3) is 0 Å². The third-order valence-corrected chi connectivity index (χ3v) is 3.48. The number of carbonyl (C=O) groups is 1. The van der Waals surface area contributed by atoms with E-state index < -0.39 is 0 Å². The van der Waals surface area contributed by atoms with Crippen molar-refractivity contribution in [3.8, 4) is 0 Å². The highest BCUT2D eigenvalue weighted by atomic mass is 19.1. The van der Waals surface area contributed by atoms with Crippen LogP contribution in [0.15, 0.2) is 67.0 Å². The molecule has 0 fully saturated rings. The van der Waals surface area contributed by atoms with Gasteiger partial charge in [-0.1, -0.05) is 48.5 Å². The summed E-state index contributed by atoms with van der Waals surface area (Å²) in [4.78, 5) is 12.1. The molecule has 0 atom stereocenters. The molecule has 0 unspecified atom stereocenters. The van der Waals surface area contributed by atoms with E-state index in [-0.39, 0.29) is 18.3 Å². The van der Waals surface area contributed by atoms with Gasteiger partial charge in [-0.3, -0.25) is 9.48 Å². The summed E-state index contributed by atoms with van der Waals surface area (Å²) in [6.07, 6.45) is 3.20. The maximum atomic E-state index is 13.5. The zero-order valence-corrected chi connectivity index (χ0v) is 12.4. The molecule has 0 saturated carbocycles. The lowest BCUT2D eigenvalue weighted by molar-refractivity contribution is 0.0950. The van der Waals surface area contributed by atoms with E-state index in [1.54, 1.807) is 29.1 Å². The van der Waals surface area contributed by atoms with Gasteiger partial charge in [-0.15, -0.1) is 0 Å². The van der Waals surface area contributed by atoms with Crippen molar-refractivity contribution in [2.75, 3.05) is 0 Å². The molecule has 0 aliphatic rings. The summed E-state index contributed by atoms with van der Waals surface area (Å²) >= 11 is 0. The number of benzene rings is 2. The van der Waals surface area contributed by atoms with Crippen molar-refractivity contribution < 1.29 is 9.18 Å². The molecule has 1 amide bonds. The van der Waals surface area contributed by atoms with Crippen LogP contribution in [0.2, 0.25) is 0 Å². The quantitative estimate of drug-likeness (QED) is 0.787. The Morgan fingerprint density at radius 3 is 2.61 bits per heavy atom. The molecule has 4 nitrogen and oxygen atoms in total. The van der Waals surface area contributed by atoms with Crippen LogP contribution in [0.4, 0.5) is 4.39 Å². The summed E-state index contributed by atoms with van der Waals surface area (Å²) in [5.74, 6) is -0.597. The number of nitrogens with one attached hydrogen (secondary N) is 1. The molecule has 2 aromatic carbocycles. The maximum Gasteiger partial charge on any atom is 0.254 e. The summed E-state index contributed by atoms with van der Waals surface area (Å²) in [5.41, 5.74) is 2.02. The summed E-state index contributed by atoms with van der Waals surface area (Å²) in [6, 6.07) is 16.2. The van der Waals surface area contributed by atoms with Crippen molar-refractivity contribution in [2.24, 2.45) is 0 Å². The molecule has 0 saturated heterocycles. The maximum absolute atomic E-state index is 13.5. The monoisotopic (exact) mass is 309 g/mol. The molecule has 3 rings (SSSR count). The lowest BCUT2D eigenvalue weighted by Gasteiger charge is -2.04. The normalized spacial score (nSPS) is 10.5. The van der Waals surface area contributed by atoms with E-state index in [2.05, 4.69) is 10.4 Å². The second-order valence-corrected chi connectivity index (χ2v) is 5.19. The van der Waals surface area contributed by atoms with Crippen molar-refractivity contribution in [1.82, 2.24) is 15.1 Å². The van der Waals surface area contributed by atoms with Crippen LogP contribution in [-0.4, -0.2) is 15.7 Å². The highest BCUT2D eigenvalue weighted by Gasteiger charge is 2.09. The van der Waals surface area contributed by atoms with Crippen molar-refractivity contribution in [3.05, 3.63) is 89.5 Å². The van der Waals surface area contributed by atoms with E-state index in [1.165, 1.54) is 12.3 Å². The summed E-state index contributed by atoms with van der Waals surface area (Å²) in [5, 5.41) is 6.89. The zero-order valence-electron chi connectivity index (χ0n) is 12.4. The van der Waals surface area contributed by atoms with Gasteiger partial charge in [0.25, 0.3) is 5.91 Å². The van der Waals surface area contributed by atoms with E-state index in [4.69, 9.17) is 0 Å². The summed E-state index contributed by atoms with van der Waals surface area (Å²) in [6.45, 7) is 0.747. The molecule has 1 N–H and O–H groups in total. The first-order valence-corrected chi connectivity index (χ1v) is 7.30. The molecule has 3 aromatic rings. The largest absolute Gasteiger partial charge is 0.348 e. The standard InChI is InChI=1S/C18H16FN3O/c19-17-9-5-4-8-15(17)10-20-18(23)16-11-21-22(13-16)12-14-6-2-1-3-7-14/h1-9,11,13H,10,12H2,(H,20,23). The minimum Gasteiger partial charge on any atom is -0.348 e. The number of halogens is 1. The van der Waals surface area contributed by atoms with E-state index in [0.29, 0.717) is 17.7 Å². The number of nitrogens with zero attached hydrogens (tertiary/aromatic N) is 2. The van der Waals surface area contributed by atoms with Gasteiger partial charge in [0.15, 0.2) is 0 Å². The van der Waals surface area contributed by atoms with Gasteiger partial charge in [-0.05, 0) is 11.6 Å². The number of aromatic nitrogens is 2. The van der Waals surface area contributed by atoms with E-state index >= 15 is 0 Å². The minimum atomic E-state index is -0.326. The van der Waals surface area contributed by atoms with Gasteiger partial charge in [-0.2, -0.15) is 5.10 Å². The van der Waals surface area contributed by atoms with Gasteiger partial charge in [0, 0.05) is 18.3 Å². The first kappa shape index (κ1) is 15.0. The van der Waals surface area contributed by atoms with Gasteiger partial charge in [0.1, 0.15) is 5.82 Å². The molecule has 23 heavy (non-hydrogen) atoms. The van der Waals surface area contributed by atoms with Crippen molar-refractivity contribution in [3.63, 3.8) is 0 Å². The second-order valence-electron chi connectivity index (χ2n) is 5.19. The third-order valence-electron chi connectivity index (χ3n) is 3.48. The highest BCUT2D eigenvalue weighted by molar-refractivity contribution is 5.93. The Hall–Kier alpha value is -2.95. The van der Waals surface area contributed by atoms with Gasteiger partial charge in [0.05, 0.1) is 18.3 Å². The van der Waals surface area contributed by atoms with Crippen molar-refractivity contribution in [2.45, 2.75) is 13.1 Å². The van der Waals surface area contributed by atoms with Crippen LogP contribution in [0.5, 0.6) is 0 Å². The summed E-state index contributed by atoms with van der Waals surface area (Å²) in [7, 11) is 0. The van der Waals surface area contributed by atoms with Gasteiger partial charge >= 0.3 is 0 Å². The molecule has 1 heterocycles. The van der Waals surface area contributed by atoms with Gasteiger partial charge < -0.3 is 5.32 Å². The average Bonchev–Trinajstić information content (AvgIpc) is 3.03. The fourth-order valence-corrected chi connectivity index (χ4v) is 2.26. The molecule has 116 valence electrons. The third kappa shape index (κ3) is 3.83. The predicted molar refractivity (Wildman–Crippen MR) is 85.3 cm³/mol. The first-order chi connectivity index (χ1) is 11.2. The molecule has 0 spiro atoms. The number of hydrogen-bond acceptors (Lipinski definition) is 2. The van der Waals surface area contributed by atoms with E-state index in [9.17, 15) is 9.18 Å². The molecule has 0 aliphatic heterocycles. The lowest BCUT2D eigenvalue weighted by Crippen LogP contribution is -2.22. The van der Waals surface area contributed by atoms with Crippen molar-refractivity contribution >= 4 is 5.91 Å². The number of hydrogen-bond donors (Lipinski definition) is 1. The summed E-state index contributed by atoms with van der Waals surface area (Å²) < 4.78 is 15.2. The van der Waals surface area contributed by atoms with Crippen molar-refractivity contribution in [1.29, 1.82) is 0 Å². The van der Waals surface area contributed by atoms with Gasteiger partial charge in [0.2, 0.25) is 0 Å². The van der Waals surface area contributed by atoms with E-state index in [0.717, 1.165) is 5.56 Å². The van der Waals surface area contributed by atoms with Crippen LogP contribution in [0.3, 0.4) is 0 Å². The number of amides is 1. The average molecular weight is 309 g/mol. The Morgan fingerprint density at radius 2 is 1.83 bits per heavy atom. The van der Waals surface area contributed by atoms with Crippen LogP contribution < -0.4 is 5.32 Å². The Kier molecular flexibility index (Phi) is 4.47. The zero-order chi connectivity index (χ0) is 16.1. The predicted octanol–water partition coefficient (Wildman–Crippen LogP) is 3.00. The molecule has 5 heteroatoms. The van der Waals surface area contributed by atoms with Gasteiger partial charge in [-0.25, -0.2) is 4.39 Å². The molecule has 1 aromatic heterocycles. The Balaban J connectivity index is 1.61. The van der Waals surface area contributed by atoms with E-state index in [1.807, 2.05) is 30.3 Å². The molecule has 0 aliphatic carbocycles. The smallest absolute Gasteiger partial charge is 0.254 e. The van der Waals surface area contributed by atoms with Crippen LogP contribution in [0, 0.1) is 5.82 Å². The fourth-order valence-electron chi connectivity index (χ4n) is 2.26. The van der Waals surface area contributed by atoms with Crippen LogP contribution in [0.1, 0.15) is 21.5 Å². The van der Waals surface area contributed by atoms with Crippen LogP contribution >= 0.6 is 0 Å². The minimum absolute atomic E-state index is 0.148. The topological polar surface area (TPSA) is 46.9 Å². The fraction of sp³-hybridized carbons (Fsp3) is 0.111. The Morgan fingerprint density at radius 1 is 1.09 bits per heavy atom. The Bertz CT molecular complexity index is 799.